The van der Waals surface area contributed by atoms with Gasteiger partial charge in [-0.25, -0.2) is 0 Å². The van der Waals surface area contributed by atoms with Gasteiger partial charge in [-0.3, -0.25) is 19.7 Å². The summed E-state index contributed by atoms with van der Waals surface area (Å²) >= 11 is 0. The van der Waals surface area contributed by atoms with Gasteiger partial charge in [0.05, 0.1) is 6.07 Å². The number of carbonyl (C=O) groups is 2. The van der Waals surface area contributed by atoms with E-state index in [9.17, 15) is 25.0 Å². The van der Waals surface area contributed by atoms with Gasteiger partial charge in [0.2, 0.25) is 0 Å². The Morgan fingerprint density at radius 3 is 2.57 bits per heavy atom. The van der Waals surface area contributed by atoms with E-state index in [0.717, 1.165) is 31.4 Å². The van der Waals surface area contributed by atoms with Gasteiger partial charge >= 0.3 is 5.88 Å². The van der Waals surface area contributed by atoms with E-state index in [-0.39, 0.29) is 29.2 Å². The minimum Gasteiger partial charge on any atom is -0.395 e. The number of nitro groups is 1. The number of nitrogens with zero attached hydrogens (tertiary/aromatic N) is 5. The van der Waals surface area contributed by atoms with E-state index < -0.39 is 16.7 Å². The summed E-state index contributed by atoms with van der Waals surface area (Å²) in [5, 5.41) is 20.5. The molecule has 10 nitrogen and oxygen atoms in total. The molecule has 2 unspecified atom stereocenters. The van der Waals surface area contributed by atoms with Crippen LogP contribution in [0, 0.1) is 27.4 Å². The van der Waals surface area contributed by atoms with Gasteiger partial charge in [-0.15, -0.1) is 0 Å². The molecule has 0 aromatic carbocycles. The Hall–Kier alpha value is -3.35. The van der Waals surface area contributed by atoms with Crippen molar-refractivity contribution in [3.63, 3.8) is 0 Å². The second-order valence-corrected chi connectivity index (χ2v) is 7.92. The molecule has 1 aliphatic carbocycles. The van der Waals surface area contributed by atoms with Crippen molar-refractivity contribution < 1.29 is 18.9 Å². The molecule has 1 saturated heterocycles. The summed E-state index contributed by atoms with van der Waals surface area (Å²) in [5.74, 6) is -1.00. The van der Waals surface area contributed by atoms with Crippen molar-refractivity contribution in [1.82, 2.24) is 14.7 Å². The van der Waals surface area contributed by atoms with Crippen LogP contribution in [0.15, 0.2) is 27.8 Å². The van der Waals surface area contributed by atoms with Crippen molar-refractivity contribution in [2.24, 2.45) is 5.92 Å². The van der Waals surface area contributed by atoms with E-state index in [1.807, 2.05) is 0 Å². The van der Waals surface area contributed by atoms with Crippen molar-refractivity contribution in [2.45, 2.75) is 31.7 Å². The Bertz CT molecular complexity index is 953. The van der Waals surface area contributed by atoms with Gasteiger partial charge < -0.3 is 19.1 Å². The molecular formula is C20H23N5O5. The third kappa shape index (κ3) is 3.30. The third-order valence-corrected chi connectivity index (χ3v) is 6.37. The first-order valence-electron chi connectivity index (χ1n) is 10.1. The highest BCUT2D eigenvalue weighted by atomic mass is 16.6. The molecule has 1 aromatic heterocycles. The van der Waals surface area contributed by atoms with Gasteiger partial charge in [0.15, 0.2) is 5.76 Å². The van der Waals surface area contributed by atoms with Gasteiger partial charge in [-0.2, -0.15) is 5.26 Å². The fourth-order valence-electron chi connectivity index (χ4n) is 4.86. The number of rotatable bonds is 3. The largest absolute Gasteiger partial charge is 0.433 e. The van der Waals surface area contributed by atoms with E-state index in [2.05, 4.69) is 11.0 Å². The van der Waals surface area contributed by atoms with Crippen LogP contribution in [0.2, 0.25) is 0 Å². The third-order valence-electron chi connectivity index (χ3n) is 6.37. The molecule has 2 atom stereocenters. The van der Waals surface area contributed by atoms with Crippen LogP contribution < -0.4 is 0 Å². The SMILES string of the molecule is CN1C(=O)C(C#N)=C(N2CCN(C(=O)c3ccc([N+](=O)[O-])o3)CC2)C2CCCCC21. The summed E-state index contributed by atoms with van der Waals surface area (Å²) in [6.07, 6.45) is 4.02. The number of piperazine rings is 1. The Morgan fingerprint density at radius 1 is 1.23 bits per heavy atom. The summed E-state index contributed by atoms with van der Waals surface area (Å²) in [5.41, 5.74) is 1.04. The fourth-order valence-corrected chi connectivity index (χ4v) is 4.86. The zero-order valence-electron chi connectivity index (χ0n) is 16.7. The molecule has 4 rings (SSSR count). The van der Waals surface area contributed by atoms with Gasteiger partial charge in [0, 0.05) is 50.9 Å². The normalized spacial score (nSPS) is 24.5. The highest BCUT2D eigenvalue weighted by Crippen LogP contribution is 2.40. The number of furan rings is 1. The van der Waals surface area contributed by atoms with E-state index >= 15 is 0 Å². The predicted molar refractivity (Wildman–Crippen MR) is 104 cm³/mol. The lowest BCUT2D eigenvalue weighted by Crippen LogP contribution is -2.55. The lowest BCUT2D eigenvalue weighted by Gasteiger charge is -2.48. The first-order chi connectivity index (χ1) is 14.4. The number of fused-ring (bicyclic) bond motifs is 1. The van der Waals surface area contributed by atoms with Crippen LogP contribution in [0.5, 0.6) is 0 Å². The van der Waals surface area contributed by atoms with E-state index in [0.29, 0.717) is 26.2 Å². The van der Waals surface area contributed by atoms with Crippen molar-refractivity contribution >= 4 is 17.7 Å². The Balaban J connectivity index is 1.51. The van der Waals surface area contributed by atoms with Crippen molar-refractivity contribution in [1.29, 1.82) is 5.26 Å². The Kier molecular flexibility index (Phi) is 5.20. The molecule has 3 heterocycles. The molecule has 2 amide bonds. The average Bonchev–Trinajstić information content (AvgIpc) is 3.26. The molecule has 0 bridgehead atoms. The summed E-state index contributed by atoms with van der Waals surface area (Å²) in [4.78, 5) is 40.9. The average molecular weight is 413 g/mol. The maximum Gasteiger partial charge on any atom is 0.433 e. The second kappa shape index (κ2) is 7.82. The summed E-state index contributed by atoms with van der Waals surface area (Å²) in [6, 6.07) is 4.72. The molecule has 158 valence electrons. The van der Waals surface area contributed by atoms with Crippen LogP contribution in [0.25, 0.3) is 0 Å². The first-order valence-corrected chi connectivity index (χ1v) is 10.1. The lowest BCUT2D eigenvalue weighted by molar-refractivity contribution is -0.402. The first kappa shape index (κ1) is 19.9. The van der Waals surface area contributed by atoms with Crippen molar-refractivity contribution in [3.8, 4) is 6.07 Å². The number of likely N-dealkylation sites (N-methyl/N-ethyl adjacent to an activating group) is 1. The molecular weight excluding hydrogens is 390 g/mol. The van der Waals surface area contributed by atoms with Crippen LogP contribution in [-0.4, -0.2) is 70.7 Å². The molecule has 1 saturated carbocycles. The fraction of sp³-hybridized carbons (Fsp3) is 0.550. The van der Waals surface area contributed by atoms with Crippen LogP contribution >= 0.6 is 0 Å². The minimum atomic E-state index is -0.678. The molecule has 1 aromatic rings. The molecule has 0 spiro atoms. The Morgan fingerprint density at radius 2 is 1.93 bits per heavy atom. The standard InChI is InChI=1S/C20H23N5O5/c1-22-15-5-3-2-4-13(15)18(14(12-21)19(22)26)23-8-10-24(11-9-23)20(27)16-6-7-17(30-16)25(28)29/h6-7,13,15H,2-5,8-11H2,1H3. The topological polar surface area (TPSA) is 124 Å². The predicted octanol–water partition coefficient (Wildman–Crippen LogP) is 1.75. The highest BCUT2D eigenvalue weighted by molar-refractivity contribution is 5.99. The lowest BCUT2D eigenvalue weighted by atomic mass is 9.77. The molecule has 10 heteroatoms. The Labute approximate surface area is 173 Å². The molecule has 30 heavy (non-hydrogen) atoms. The zero-order valence-corrected chi connectivity index (χ0v) is 16.7. The van der Waals surface area contributed by atoms with Crippen LogP contribution in [0.1, 0.15) is 36.2 Å². The van der Waals surface area contributed by atoms with E-state index in [1.165, 1.54) is 12.1 Å². The van der Waals surface area contributed by atoms with Crippen LogP contribution in [0.3, 0.4) is 0 Å². The maximum absolute atomic E-state index is 12.8. The molecule has 3 aliphatic rings. The molecule has 2 aliphatic heterocycles. The number of hydrogen-bond donors (Lipinski definition) is 0. The van der Waals surface area contributed by atoms with E-state index in [1.54, 1.807) is 16.8 Å². The quantitative estimate of drug-likeness (QED) is 0.546. The second-order valence-electron chi connectivity index (χ2n) is 7.92. The molecule has 2 fully saturated rings. The van der Waals surface area contributed by atoms with Gasteiger partial charge in [-0.1, -0.05) is 12.8 Å². The van der Waals surface area contributed by atoms with Gasteiger partial charge in [-0.05, 0) is 18.9 Å². The molecule has 0 N–H and O–H groups in total. The maximum atomic E-state index is 12.8. The summed E-state index contributed by atoms with van der Waals surface area (Å²) < 4.78 is 5.03. The van der Waals surface area contributed by atoms with Crippen LogP contribution in [0.4, 0.5) is 5.88 Å². The number of carbonyl (C=O) groups excluding carboxylic acids is 2. The zero-order chi connectivity index (χ0) is 21.4. The van der Waals surface area contributed by atoms with Crippen molar-refractivity contribution in [2.75, 3.05) is 33.2 Å². The van der Waals surface area contributed by atoms with Gasteiger partial charge in [0.25, 0.3) is 11.8 Å². The number of amides is 2. The summed E-state index contributed by atoms with van der Waals surface area (Å²) in [7, 11) is 1.78. The van der Waals surface area contributed by atoms with Crippen LogP contribution in [-0.2, 0) is 4.79 Å². The smallest absolute Gasteiger partial charge is 0.395 e. The van der Waals surface area contributed by atoms with E-state index in [4.69, 9.17) is 4.42 Å². The number of nitriles is 1. The minimum absolute atomic E-state index is 0.0612. The molecule has 0 radical (unpaired) electrons. The summed E-state index contributed by atoms with van der Waals surface area (Å²) in [6.45, 7) is 1.76. The monoisotopic (exact) mass is 413 g/mol. The van der Waals surface area contributed by atoms with Gasteiger partial charge in [0.1, 0.15) is 16.6 Å². The highest BCUT2D eigenvalue weighted by Gasteiger charge is 2.43. The van der Waals surface area contributed by atoms with Crippen molar-refractivity contribution in [3.05, 3.63) is 39.3 Å². The number of hydrogen-bond acceptors (Lipinski definition) is 7.